The number of nitro groups is 2. The van der Waals surface area contributed by atoms with Gasteiger partial charge in [-0.15, -0.1) is 0 Å². The highest BCUT2D eigenvalue weighted by Crippen LogP contribution is 2.40. The molecule has 0 saturated carbocycles. The van der Waals surface area contributed by atoms with Crippen molar-refractivity contribution in [3.05, 3.63) is 83.8 Å². The average molecular weight is 650 g/mol. The Morgan fingerprint density at radius 1 is 1.07 bits per heavy atom. The summed E-state index contributed by atoms with van der Waals surface area (Å²) in [6.45, 7) is 4.40. The first-order valence-electron chi connectivity index (χ1n) is 12.4. The molecule has 0 radical (unpaired) electrons. The van der Waals surface area contributed by atoms with E-state index >= 15 is 0 Å². The molecule has 2 aromatic carbocycles. The number of benzene rings is 2. The van der Waals surface area contributed by atoms with Crippen molar-refractivity contribution in [3.63, 3.8) is 0 Å². The van der Waals surface area contributed by atoms with Gasteiger partial charge in [-0.2, -0.15) is 23.0 Å². The molecule has 0 saturated heterocycles. The first-order valence-corrected chi connectivity index (χ1v) is 14.3. The third-order valence-corrected chi connectivity index (χ3v) is 6.93. The molecular weight excluding hydrogens is 623 g/mol. The van der Waals surface area contributed by atoms with Crippen LogP contribution in [0.15, 0.2) is 52.3 Å². The number of halogens is 4. The van der Waals surface area contributed by atoms with E-state index in [1.165, 1.54) is 23.2 Å². The molecular formula is C24H27ClF3N7O7S. The van der Waals surface area contributed by atoms with E-state index in [1.54, 1.807) is 7.05 Å². The molecule has 43 heavy (non-hydrogen) atoms. The van der Waals surface area contributed by atoms with Crippen LogP contribution < -0.4 is 20.9 Å². The van der Waals surface area contributed by atoms with Crippen molar-refractivity contribution in [1.29, 1.82) is 0 Å². The average Bonchev–Trinajstić information content (AvgIpc) is 2.93. The van der Waals surface area contributed by atoms with Crippen LogP contribution in [0.4, 0.5) is 35.9 Å². The van der Waals surface area contributed by atoms with Gasteiger partial charge in [0, 0.05) is 32.3 Å². The van der Waals surface area contributed by atoms with Crippen LogP contribution in [-0.2, 0) is 16.2 Å². The van der Waals surface area contributed by atoms with Gasteiger partial charge in [-0.3, -0.25) is 25.0 Å². The fourth-order valence-corrected chi connectivity index (χ4v) is 4.60. The Morgan fingerprint density at radius 3 is 2.02 bits per heavy atom. The van der Waals surface area contributed by atoms with E-state index in [0.29, 0.717) is 31.6 Å². The Kier molecular flexibility index (Phi) is 11.6. The van der Waals surface area contributed by atoms with Gasteiger partial charge >= 0.3 is 17.6 Å². The summed E-state index contributed by atoms with van der Waals surface area (Å²) >= 11 is 5.82. The van der Waals surface area contributed by atoms with Crippen LogP contribution in [0.25, 0.3) is 5.69 Å². The molecule has 0 bridgehead atoms. The minimum Gasteiger partial charge on any atom is -0.385 e. The topological polar surface area (TPSA) is 197 Å². The Hall–Kier alpha value is -4.29. The van der Waals surface area contributed by atoms with Crippen LogP contribution in [0, 0.1) is 20.2 Å². The van der Waals surface area contributed by atoms with Gasteiger partial charge in [0.05, 0.1) is 37.9 Å². The van der Waals surface area contributed by atoms with Crippen LogP contribution in [0.3, 0.4) is 0 Å². The molecule has 0 fully saturated rings. The Balaban J connectivity index is 0.000000303. The summed E-state index contributed by atoms with van der Waals surface area (Å²) in [5, 5.41) is 33.9. The van der Waals surface area contributed by atoms with Gasteiger partial charge in [-0.05, 0) is 31.0 Å². The van der Waals surface area contributed by atoms with Crippen molar-refractivity contribution in [2.45, 2.75) is 37.8 Å². The number of anilines is 2. The molecule has 0 aliphatic carbocycles. The van der Waals surface area contributed by atoms with E-state index < -0.39 is 53.4 Å². The Labute approximate surface area is 248 Å². The molecule has 14 nitrogen and oxygen atoms in total. The van der Waals surface area contributed by atoms with Gasteiger partial charge < -0.3 is 10.2 Å². The summed E-state index contributed by atoms with van der Waals surface area (Å²) in [4.78, 5) is 33.8. The molecule has 1 heterocycles. The maximum Gasteiger partial charge on any atom is 0.416 e. The fraction of sp³-hybridized carbons (Fsp3) is 0.333. The fourth-order valence-electron chi connectivity index (χ4n) is 3.83. The van der Waals surface area contributed by atoms with Crippen molar-refractivity contribution >= 4 is 44.4 Å². The highest BCUT2D eigenvalue weighted by atomic mass is 35.5. The molecule has 3 rings (SSSR count). The number of hydrogen-bond donors (Lipinski definition) is 2. The molecule has 0 amide bonds. The largest absolute Gasteiger partial charge is 0.416 e. The van der Waals surface area contributed by atoms with E-state index in [0.717, 1.165) is 28.9 Å². The summed E-state index contributed by atoms with van der Waals surface area (Å²) < 4.78 is 61.6. The Morgan fingerprint density at radius 2 is 1.60 bits per heavy atom. The molecule has 0 aliphatic rings. The first kappa shape index (κ1) is 34.9. The summed E-state index contributed by atoms with van der Waals surface area (Å²) in [5.41, 5.74) is -2.75. The van der Waals surface area contributed by atoms with E-state index in [9.17, 15) is 46.6 Å². The molecule has 0 aliphatic heterocycles. The normalized spacial score (nSPS) is 11.3. The number of hydrogen-bond acceptors (Lipinski definition) is 10. The molecule has 0 unspecified atom stereocenters. The number of primary sulfonamides is 1. The number of nitro benzene ring substituents is 2. The van der Waals surface area contributed by atoms with E-state index in [-0.39, 0.29) is 16.4 Å². The van der Waals surface area contributed by atoms with Crippen molar-refractivity contribution < 1.29 is 31.4 Å². The smallest absolute Gasteiger partial charge is 0.385 e. The number of rotatable bonds is 10. The van der Waals surface area contributed by atoms with E-state index in [4.69, 9.17) is 16.7 Å². The summed E-state index contributed by atoms with van der Waals surface area (Å²) in [6, 6.07) is 5.82. The zero-order valence-electron chi connectivity index (χ0n) is 23.0. The number of nitrogens with one attached hydrogen (secondary N) is 1. The lowest BCUT2D eigenvalue weighted by molar-refractivity contribution is -0.393. The van der Waals surface area contributed by atoms with Crippen molar-refractivity contribution in [2.24, 2.45) is 5.14 Å². The molecule has 0 spiro atoms. The Bertz CT molecular complexity index is 1630. The number of nitrogens with two attached hydrogens (primary N) is 1. The number of alkyl halides is 3. The third kappa shape index (κ3) is 8.62. The van der Waals surface area contributed by atoms with Crippen LogP contribution in [0.5, 0.6) is 0 Å². The van der Waals surface area contributed by atoms with Crippen molar-refractivity contribution in [1.82, 2.24) is 9.78 Å². The summed E-state index contributed by atoms with van der Waals surface area (Å²) in [7, 11) is -2.76. The first-order chi connectivity index (χ1) is 20.0. The lowest BCUT2D eigenvalue weighted by Gasteiger charge is -2.23. The number of aromatic nitrogens is 2. The molecule has 3 N–H and O–H groups in total. The van der Waals surface area contributed by atoms with Crippen LogP contribution in [0.2, 0.25) is 5.02 Å². The predicted octanol–water partition coefficient (Wildman–Crippen LogP) is 4.72. The standard InChI is InChI=1S/C12H9ClF3N3O.C12H18N4O6S/c1-17-9-6-18-19(11(20)10(9)13)8-4-2-3-7(5-8)12(14,15)16;1-3-5-14(6-4-2)12-10(15(17)18)7-9(23(13,21)22)8-11(12)16(19)20/h2-6,17H,1H3;7-8H,3-6H2,1-2H3,(H2,13,21,22). The number of nitrogens with zero attached hydrogens (tertiary/aromatic N) is 5. The maximum absolute atomic E-state index is 12.6. The lowest BCUT2D eigenvalue weighted by Crippen LogP contribution is -2.27. The lowest BCUT2D eigenvalue weighted by atomic mass is 10.2. The monoisotopic (exact) mass is 649 g/mol. The number of sulfonamides is 1. The zero-order valence-corrected chi connectivity index (χ0v) is 24.5. The highest BCUT2D eigenvalue weighted by Gasteiger charge is 2.33. The minimum atomic E-state index is -4.49. The van der Waals surface area contributed by atoms with Gasteiger partial charge in [0.25, 0.3) is 5.56 Å². The van der Waals surface area contributed by atoms with Gasteiger partial charge in [-0.1, -0.05) is 31.5 Å². The van der Waals surface area contributed by atoms with Gasteiger partial charge in [-0.25, -0.2) is 13.6 Å². The van der Waals surface area contributed by atoms with Crippen molar-refractivity contribution in [3.8, 4) is 5.69 Å². The van der Waals surface area contributed by atoms with E-state index in [1.807, 2.05) is 13.8 Å². The quantitative estimate of drug-likeness (QED) is 0.229. The van der Waals surface area contributed by atoms with Gasteiger partial charge in [0.15, 0.2) is 5.69 Å². The van der Waals surface area contributed by atoms with Gasteiger partial charge in [0.1, 0.15) is 5.02 Å². The second-order valence-corrected chi connectivity index (χ2v) is 10.7. The van der Waals surface area contributed by atoms with Crippen LogP contribution in [0.1, 0.15) is 32.3 Å². The highest BCUT2D eigenvalue weighted by molar-refractivity contribution is 7.89. The SMILES string of the molecule is CCCN(CCC)c1c([N+](=O)[O-])cc(S(N)(=O)=O)cc1[N+](=O)[O-].CNc1cnn(-c2cccc(C(F)(F)F)c2)c(=O)c1Cl. The van der Waals surface area contributed by atoms with Crippen molar-refractivity contribution in [2.75, 3.05) is 30.4 Å². The summed E-state index contributed by atoms with van der Waals surface area (Å²) in [6.07, 6.45) is -1.99. The third-order valence-electron chi connectivity index (χ3n) is 5.67. The van der Waals surface area contributed by atoms with Gasteiger partial charge in [0.2, 0.25) is 10.0 Å². The predicted molar refractivity (Wildman–Crippen MR) is 153 cm³/mol. The van der Waals surface area contributed by atoms with Crippen LogP contribution >= 0.6 is 11.6 Å². The van der Waals surface area contributed by atoms with E-state index in [2.05, 4.69) is 10.4 Å². The molecule has 0 atom stereocenters. The molecule has 3 aromatic rings. The second-order valence-electron chi connectivity index (χ2n) is 8.74. The maximum atomic E-state index is 12.6. The van der Waals surface area contributed by atoms with Crippen LogP contribution in [-0.4, -0.2) is 48.2 Å². The molecule has 234 valence electrons. The minimum absolute atomic E-state index is 0.00521. The second kappa shape index (κ2) is 14.3. The zero-order chi connectivity index (χ0) is 32.7. The molecule has 1 aromatic heterocycles. The summed E-state index contributed by atoms with van der Waals surface area (Å²) in [5.74, 6) is 0. The molecule has 19 heteroatoms.